The number of rotatable bonds is 5. The third-order valence-electron chi connectivity index (χ3n) is 3.80. The Morgan fingerprint density at radius 3 is 2.70 bits per heavy atom. The van der Waals surface area contributed by atoms with E-state index < -0.39 is 5.82 Å². The van der Waals surface area contributed by atoms with Crippen molar-refractivity contribution in [3.05, 3.63) is 77.9 Å². The van der Waals surface area contributed by atoms with Crippen LogP contribution in [0, 0.1) is 12.7 Å². The van der Waals surface area contributed by atoms with Crippen LogP contribution in [0.15, 0.2) is 70.7 Å². The smallest absolute Gasteiger partial charge is 0.193 e. The highest BCUT2D eigenvalue weighted by atomic mass is 32.1. The number of aliphatic imine (C=N–C) groups is 1. The molecule has 3 aromatic rings. The predicted molar refractivity (Wildman–Crippen MR) is 108 cm³/mol. The maximum absolute atomic E-state index is 13.7. The van der Waals surface area contributed by atoms with Gasteiger partial charge in [0.2, 0.25) is 0 Å². The second-order valence-corrected chi connectivity index (χ2v) is 6.26. The molecule has 0 saturated carbocycles. The zero-order valence-electron chi connectivity index (χ0n) is 14.7. The number of halogens is 1. The van der Waals surface area contributed by atoms with E-state index >= 15 is 0 Å². The van der Waals surface area contributed by atoms with Crippen LogP contribution >= 0.6 is 12.6 Å². The molecule has 1 aromatic heterocycles. The number of anilines is 1. The maximum atomic E-state index is 13.7. The fourth-order valence-corrected chi connectivity index (χ4v) is 2.63. The summed E-state index contributed by atoms with van der Waals surface area (Å²) in [5.74, 6) is 0.966. The van der Waals surface area contributed by atoms with Crippen LogP contribution in [-0.4, -0.2) is 10.9 Å². The Bertz CT molecular complexity index is 978. The summed E-state index contributed by atoms with van der Waals surface area (Å²) in [5, 5.41) is 2.98. The Hall–Kier alpha value is -3.06. The largest absolute Gasteiger partial charge is 0.455 e. The molecule has 0 saturated heterocycles. The molecule has 0 radical (unpaired) electrons. The molecule has 0 aliphatic heterocycles. The van der Waals surface area contributed by atoms with Gasteiger partial charge in [0.1, 0.15) is 11.6 Å². The second-order valence-electron chi connectivity index (χ2n) is 5.78. The van der Waals surface area contributed by atoms with Gasteiger partial charge < -0.3 is 15.8 Å². The van der Waals surface area contributed by atoms with E-state index in [-0.39, 0.29) is 18.2 Å². The lowest BCUT2D eigenvalue weighted by Gasteiger charge is -2.15. The molecule has 138 valence electrons. The average molecular weight is 382 g/mol. The molecule has 1 heterocycles. The molecule has 3 rings (SSSR count). The molecule has 7 heteroatoms. The van der Waals surface area contributed by atoms with E-state index in [1.807, 2.05) is 43.3 Å². The van der Waals surface area contributed by atoms with Crippen LogP contribution in [0.1, 0.15) is 11.3 Å². The number of aryl methyl sites for hydroxylation is 1. The number of ether oxygens (including phenoxy) is 1. The van der Waals surface area contributed by atoms with E-state index in [1.54, 1.807) is 6.07 Å². The Labute approximate surface area is 162 Å². The van der Waals surface area contributed by atoms with Gasteiger partial charge in [-0.15, -0.1) is 12.6 Å². The highest BCUT2D eigenvalue weighted by Gasteiger charge is 2.11. The van der Waals surface area contributed by atoms with Crippen molar-refractivity contribution in [3.63, 3.8) is 0 Å². The monoisotopic (exact) mass is 382 g/mol. The average Bonchev–Trinajstić information content (AvgIpc) is 2.66. The van der Waals surface area contributed by atoms with Crippen LogP contribution in [0.5, 0.6) is 11.5 Å². The molecule has 27 heavy (non-hydrogen) atoms. The van der Waals surface area contributed by atoms with E-state index in [2.05, 4.69) is 27.9 Å². The van der Waals surface area contributed by atoms with Crippen molar-refractivity contribution in [2.45, 2.75) is 18.4 Å². The lowest BCUT2D eigenvalue weighted by molar-refractivity contribution is 0.480. The van der Waals surface area contributed by atoms with Crippen molar-refractivity contribution >= 4 is 24.3 Å². The number of para-hydroxylation sites is 2. The van der Waals surface area contributed by atoms with Gasteiger partial charge in [-0.25, -0.2) is 9.38 Å². The first kappa shape index (κ1) is 18.7. The molecule has 2 aromatic carbocycles. The molecule has 0 aliphatic rings. The first-order chi connectivity index (χ1) is 13.0. The first-order valence-corrected chi connectivity index (χ1v) is 8.71. The van der Waals surface area contributed by atoms with E-state index in [4.69, 9.17) is 10.5 Å². The van der Waals surface area contributed by atoms with E-state index in [9.17, 15) is 4.39 Å². The number of nitrogens with one attached hydrogen (secondary N) is 1. The number of aromatic nitrogens is 1. The van der Waals surface area contributed by atoms with E-state index in [0.717, 1.165) is 11.3 Å². The summed E-state index contributed by atoms with van der Waals surface area (Å²) < 4.78 is 19.7. The molecule has 0 aliphatic carbocycles. The molecular formula is C20H19FN4OS. The van der Waals surface area contributed by atoms with Crippen molar-refractivity contribution in [1.29, 1.82) is 0 Å². The van der Waals surface area contributed by atoms with Gasteiger partial charge in [0, 0.05) is 11.1 Å². The van der Waals surface area contributed by atoms with Crippen LogP contribution < -0.4 is 15.8 Å². The zero-order chi connectivity index (χ0) is 19.2. The van der Waals surface area contributed by atoms with Crippen molar-refractivity contribution in [1.82, 2.24) is 4.98 Å². The van der Waals surface area contributed by atoms with Crippen molar-refractivity contribution in [3.8, 4) is 11.5 Å². The fraction of sp³-hybridized carbons (Fsp3) is 0.100. The molecule has 0 fully saturated rings. The van der Waals surface area contributed by atoms with Gasteiger partial charge in [0.05, 0.1) is 17.9 Å². The maximum Gasteiger partial charge on any atom is 0.193 e. The van der Waals surface area contributed by atoms with Crippen molar-refractivity contribution < 1.29 is 9.13 Å². The van der Waals surface area contributed by atoms with Gasteiger partial charge in [-0.05, 0) is 42.8 Å². The second kappa shape index (κ2) is 8.55. The highest BCUT2D eigenvalue weighted by molar-refractivity contribution is 7.80. The Balaban J connectivity index is 1.81. The molecule has 0 bridgehead atoms. The van der Waals surface area contributed by atoms with E-state index in [0.29, 0.717) is 16.3 Å². The minimum Gasteiger partial charge on any atom is -0.455 e. The third kappa shape index (κ3) is 4.77. The van der Waals surface area contributed by atoms with Crippen molar-refractivity contribution in [2.24, 2.45) is 10.7 Å². The van der Waals surface area contributed by atoms with Crippen LogP contribution in [0.4, 0.5) is 10.1 Å². The summed E-state index contributed by atoms with van der Waals surface area (Å²) in [4.78, 5) is 8.74. The lowest BCUT2D eigenvalue weighted by Crippen LogP contribution is -2.23. The Morgan fingerprint density at radius 2 is 1.93 bits per heavy atom. The quantitative estimate of drug-likeness (QED) is 0.344. The summed E-state index contributed by atoms with van der Waals surface area (Å²) in [5.41, 5.74) is 7.76. The third-order valence-corrected chi connectivity index (χ3v) is 4.18. The Morgan fingerprint density at radius 1 is 1.15 bits per heavy atom. The molecule has 0 spiro atoms. The van der Waals surface area contributed by atoms with Crippen molar-refractivity contribution in [2.75, 3.05) is 5.32 Å². The Kier molecular flexibility index (Phi) is 5.93. The van der Waals surface area contributed by atoms with Gasteiger partial charge in [-0.2, -0.15) is 0 Å². The summed E-state index contributed by atoms with van der Waals surface area (Å²) >= 11 is 4.46. The normalized spacial score (nSPS) is 11.3. The van der Waals surface area contributed by atoms with Crippen LogP contribution in [0.25, 0.3) is 0 Å². The lowest BCUT2D eigenvalue weighted by atomic mass is 10.2. The highest BCUT2D eigenvalue weighted by Crippen LogP contribution is 2.35. The van der Waals surface area contributed by atoms with Crippen LogP contribution in [0.3, 0.4) is 0 Å². The summed E-state index contributed by atoms with van der Waals surface area (Å²) in [6.45, 7) is 1.98. The van der Waals surface area contributed by atoms with Crippen LogP contribution in [-0.2, 0) is 6.54 Å². The SMILES string of the molecule is Cc1ccccc1Oc1cccc(S)c1NC(N)=NCc1ncccc1F. The van der Waals surface area contributed by atoms with Crippen LogP contribution in [0.2, 0.25) is 0 Å². The number of nitrogens with zero attached hydrogens (tertiary/aromatic N) is 2. The van der Waals surface area contributed by atoms with Gasteiger partial charge in [-0.3, -0.25) is 4.98 Å². The minimum absolute atomic E-state index is 0.0221. The zero-order valence-corrected chi connectivity index (χ0v) is 15.6. The molecule has 0 unspecified atom stereocenters. The number of pyridine rings is 1. The number of hydrogen-bond acceptors (Lipinski definition) is 4. The fourth-order valence-electron chi connectivity index (χ4n) is 2.38. The van der Waals surface area contributed by atoms with E-state index in [1.165, 1.54) is 18.3 Å². The molecular weight excluding hydrogens is 363 g/mol. The summed E-state index contributed by atoms with van der Waals surface area (Å²) in [6, 6.07) is 16.0. The molecule has 5 nitrogen and oxygen atoms in total. The number of thiol groups is 1. The minimum atomic E-state index is -0.424. The van der Waals surface area contributed by atoms with Gasteiger partial charge in [0.25, 0.3) is 0 Å². The number of nitrogens with two attached hydrogens (primary N) is 1. The van der Waals surface area contributed by atoms with Gasteiger partial charge in [-0.1, -0.05) is 24.3 Å². The number of guanidine groups is 1. The van der Waals surface area contributed by atoms with Gasteiger partial charge >= 0.3 is 0 Å². The number of hydrogen-bond donors (Lipinski definition) is 3. The predicted octanol–water partition coefficient (Wildman–Crippen LogP) is 4.54. The van der Waals surface area contributed by atoms with Gasteiger partial charge in [0.15, 0.2) is 11.7 Å². The summed E-state index contributed by atoms with van der Waals surface area (Å²) in [6.07, 6.45) is 1.51. The topological polar surface area (TPSA) is 72.5 Å². The summed E-state index contributed by atoms with van der Waals surface area (Å²) in [7, 11) is 0. The first-order valence-electron chi connectivity index (χ1n) is 8.26. The molecule has 3 N–H and O–H groups in total. The number of benzene rings is 2. The molecule has 0 atom stereocenters. The molecule has 0 amide bonds. The standard InChI is InChI=1S/C20H19FN4OS/c1-13-6-2-3-8-16(13)26-17-9-4-10-18(27)19(17)25-20(22)24-12-15-14(21)7-5-11-23-15/h2-11,27H,12H2,1H3,(H3,22,24,25).